The van der Waals surface area contributed by atoms with E-state index < -0.39 is 0 Å². The van der Waals surface area contributed by atoms with Crippen LogP contribution in [0.2, 0.25) is 0 Å². The summed E-state index contributed by atoms with van der Waals surface area (Å²) < 4.78 is 0. The maximum Gasteiger partial charge on any atom is 0.0998 e. The summed E-state index contributed by atoms with van der Waals surface area (Å²) in [5.41, 5.74) is 10.2. The minimum atomic E-state index is 0.656. The fourth-order valence-electron chi connectivity index (χ4n) is 1.76. The lowest BCUT2D eigenvalue weighted by Gasteiger charge is -2.08. The van der Waals surface area contributed by atoms with Crippen LogP contribution in [0.25, 0.3) is 11.1 Å². The van der Waals surface area contributed by atoms with Crippen LogP contribution in [0, 0.1) is 18.3 Å². The summed E-state index contributed by atoms with van der Waals surface area (Å²) in [7, 11) is 0. The molecule has 78 valence electrons. The molecule has 0 saturated heterocycles. The average molecular weight is 208 g/mol. The van der Waals surface area contributed by atoms with Crippen molar-refractivity contribution in [1.29, 1.82) is 5.26 Å². The Balaban J connectivity index is 2.69. The van der Waals surface area contributed by atoms with Gasteiger partial charge in [0, 0.05) is 11.3 Å². The van der Waals surface area contributed by atoms with Crippen molar-refractivity contribution in [3.63, 3.8) is 0 Å². The van der Waals surface area contributed by atoms with Gasteiger partial charge < -0.3 is 5.73 Å². The number of nitrogens with zero attached hydrogens (tertiary/aromatic N) is 1. The summed E-state index contributed by atoms with van der Waals surface area (Å²) in [5, 5.41) is 9.07. The van der Waals surface area contributed by atoms with Gasteiger partial charge >= 0.3 is 0 Å². The van der Waals surface area contributed by atoms with Crippen LogP contribution in [0.15, 0.2) is 42.5 Å². The van der Waals surface area contributed by atoms with Crippen LogP contribution in [0.1, 0.15) is 11.1 Å². The van der Waals surface area contributed by atoms with E-state index in [-0.39, 0.29) is 0 Å². The maximum atomic E-state index is 9.07. The second kappa shape index (κ2) is 4.08. The smallest absolute Gasteiger partial charge is 0.0998 e. The summed E-state index contributed by atoms with van der Waals surface area (Å²) in [4.78, 5) is 0. The van der Waals surface area contributed by atoms with Crippen molar-refractivity contribution in [1.82, 2.24) is 0 Å². The first-order valence-electron chi connectivity index (χ1n) is 5.08. The number of hydrogen-bond donors (Lipinski definition) is 1. The molecule has 0 fully saturated rings. The van der Waals surface area contributed by atoms with Gasteiger partial charge in [-0.1, -0.05) is 24.3 Å². The first-order valence-corrected chi connectivity index (χ1v) is 5.08. The van der Waals surface area contributed by atoms with Crippen LogP contribution >= 0.6 is 0 Å². The molecule has 2 nitrogen and oxygen atoms in total. The van der Waals surface area contributed by atoms with Crippen LogP contribution in [0.5, 0.6) is 0 Å². The van der Waals surface area contributed by atoms with Gasteiger partial charge in [-0.05, 0) is 36.2 Å². The Morgan fingerprint density at radius 3 is 2.50 bits per heavy atom. The standard InChI is InChI=1S/C14H12N2/c1-10-4-2-3-5-13(10)14-8-12(16)7-6-11(14)9-15/h2-8H,16H2,1H3. The van der Waals surface area contributed by atoms with Crippen molar-refractivity contribution in [2.75, 3.05) is 5.73 Å². The van der Waals surface area contributed by atoms with Crippen molar-refractivity contribution in [2.45, 2.75) is 6.92 Å². The highest BCUT2D eigenvalue weighted by Crippen LogP contribution is 2.28. The Kier molecular flexibility index (Phi) is 2.61. The van der Waals surface area contributed by atoms with Crippen molar-refractivity contribution >= 4 is 5.69 Å². The van der Waals surface area contributed by atoms with Gasteiger partial charge in [0.15, 0.2) is 0 Å². The first kappa shape index (κ1) is 10.3. The number of benzene rings is 2. The maximum absolute atomic E-state index is 9.07. The fourth-order valence-corrected chi connectivity index (χ4v) is 1.76. The minimum Gasteiger partial charge on any atom is -0.399 e. The molecule has 0 heterocycles. The molecule has 2 N–H and O–H groups in total. The Morgan fingerprint density at radius 1 is 1.06 bits per heavy atom. The number of rotatable bonds is 1. The molecule has 2 heteroatoms. The zero-order valence-corrected chi connectivity index (χ0v) is 9.07. The Morgan fingerprint density at radius 2 is 1.81 bits per heavy atom. The summed E-state index contributed by atoms with van der Waals surface area (Å²) in [5.74, 6) is 0. The summed E-state index contributed by atoms with van der Waals surface area (Å²) in [6.45, 7) is 2.03. The van der Waals surface area contributed by atoms with Gasteiger partial charge in [0.25, 0.3) is 0 Å². The molecule has 0 unspecified atom stereocenters. The van der Waals surface area contributed by atoms with Gasteiger partial charge in [-0.3, -0.25) is 0 Å². The van der Waals surface area contributed by atoms with Gasteiger partial charge in [-0.25, -0.2) is 0 Å². The Hall–Kier alpha value is -2.27. The van der Waals surface area contributed by atoms with E-state index in [1.807, 2.05) is 37.3 Å². The predicted octanol–water partition coefficient (Wildman–Crippen LogP) is 3.12. The lowest BCUT2D eigenvalue weighted by Crippen LogP contribution is -1.91. The van der Waals surface area contributed by atoms with E-state index in [0.717, 1.165) is 16.7 Å². The van der Waals surface area contributed by atoms with Crippen LogP contribution in [0.3, 0.4) is 0 Å². The monoisotopic (exact) mass is 208 g/mol. The molecule has 0 saturated carbocycles. The Bertz CT molecular complexity index is 565. The molecule has 2 aromatic rings. The highest BCUT2D eigenvalue weighted by atomic mass is 14.5. The number of hydrogen-bond acceptors (Lipinski definition) is 2. The quantitative estimate of drug-likeness (QED) is 0.732. The van der Waals surface area contributed by atoms with E-state index in [4.69, 9.17) is 11.0 Å². The van der Waals surface area contributed by atoms with Crippen molar-refractivity contribution in [2.24, 2.45) is 0 Å². The molecule has 0 aliphatic carbocycles. The topological polar surface area (TPSA) is 49.8 Å². The van der Waals surface area contributed by atoms with Gasteiger partial charge in [-0.2, -0.15) is 5.26 Å². The second-order valence-corrected chi connectivity index (χ2v) is 3.73. The molecule has 0 atom stereocenters. The van der Waals surface area contributed by atoms with E-state index in [1.165, 1.54) is 0 Å². The fraction of sp³-hybridized carbons (Fsp3) is 0.0714. The number of nitriles is 1. The third-order valence-corrected chi connectivity index (χ3v) is 2.60. The summed E-state index contributed by atoms with van der Waals surface area (Å²) >= 11 is 0. The van der Waals surface area contributed by atoms with Gasteiger partial charge in [0.1, 0.15) is 0 Å². The lowest BCUT2D eigenvalue weighted by molar-refractivity contribution is 1.43. The molecule has 0 bridgehead atoms. The SMILES string of the molecule is Cc1ccccc1-c1cc(N)ccc1C#N. The van der Waals surface area contributed by atoms with Crippen molar-refractivity contribution in [3.8, 4) is 17.2 Å². The highest BCUT2D eigenvalue weighted by molar-refractivity contribution is 5.75. The zero-order valence-electron chi connectivity index (χ0n) is 9.07. The first-order chi connectivity index (χ1) is 7.72. The van der Waals surface area contributed by atoms with E-state index in [2.05, 4.69) is 6.07 Å². The lowest BCUT2D eigenvalue weighted by atomic mass is 9.96. The Labute approximate surface area is 95.0 Å². The molecule has 16 heavy (non-hydrogen) atoms. The molecule has 0 aromatic heterocycles. The second-order valence-electron chi connectivity index (χ2n) is 3.73. The molecule has 0 spiro atoms. The molecule has 0 amide bonds. The van der Waals surface area contributed by atoms with Crippen LogP contribution in [-0.4, -0.2) is 0 Å². The number of anilines is 1. The van der Waals surface area contributed by atoms with Crippen LogP contribution in [-0.2, 0) is 0 Å². The molecule has 0 aliphatic heterocycles. The zero-order chi connectivity index (χ0) is 11.5. The molecular weight excluding hydrogens is 196 g/mol. The number of aryl methyl sites for hydroxylation is 1. The van der Waals surface area contributed by atoms with E-state index in [9.17, 15) is 0 Å². The average Bonchev–Trinajstić information content (AvgIpc) is 2.29. The normalized spacial score (nSPS) is 9.75. The van der Waals surface area contributed by atoms with Crippen molar-refractivity contribution < 1.29 is 0 Å². The molecule has 0 aliphatic rings. The van der Waals surface area contributed by atoms with Gasteiger partial charge in [-0.15, -0.1) is 0 Å². The summed E-state index contributed by atoms with van der Waals surface area (Å²) in [6, 6.07) is 15.5. The largest absolute Gasteiger partial charge is 0.399 e. The number of nitrogen functional groups attached to an aromatic ring is 1. The minimum absolute atomic E-state index is 0.656. The molecule has 2 rings (SSSR count). The molecule has 0 radical (unpaired) electrons. The third-order valence-electron chi connectivity index (χ3n) is 2.60. The molecule has 2 aromatic carbocycles. The summed E-state index contributed by atoms with van der Waals surface area (Å²) in [6.07, 6.45) is 0. The highest BCUT2D eigenvalue weighted by Gasteiger charge is 2.07. The molecular formula is C14H12N2. The van der Waals surface area contributed by atoms with E-state index in [0.29, 0.717) is 11.3 Å². The predicted molar refractivity (Wildman–Crippen MR) is 65.7 cm³/mol. The van der Waals surface area contributed by atoms with Gasteiger partial charge in [0.2, 0.25) is 0 Å². The van der Waals surface area contributed by atoms with Crippen LogP contribution in [0.4, 0.5) is 5.69 Å². The third kappa shape index (κ3) is 1.76. The number of nitrogens with two attached hydrogens (primary N) is 1. The van der Waals surface area contributed by atoms with Crippen molar-refractivity contribution in [3.05, 3.63) is 53.6 Å². The van der Waals surface area contributed by atoms with E-state index in [1.54, 1.807) is 12.1 Å². The van der Waals surface area contributed by atoms with Gasteiger partial charge in [0.05, 0.1) is 11.6 Å². The van der Waals surface area contributed by atoms with Crippen LogP contribution < -0.4 is 5.73 Å². The van der Waals surface area contributed by atoms with E-state index >= 15 is 0 Å².